The van der Waals surface area contributed by atoms with Crippen molar-refractivity contribution in [2.45, 2.75) is 25.5 Å². The molecular formula is C23H22ClN3O4. The third kappa shape index (κ3) is 2.77. The Bertz CT molecular complexity index is 1420. The van der Waals surface area contributed by atoms with Crippen LogP contribution < -0.4 is 11.2 Å². The fourth-order valence-electron chi connectivity index (χ4n) is 4.54. The Hall–Kier alpha value is -3.03. The monoisotopic (exact) mass is 439 g/mol. The van der Waals surface area contributed by atoms with Crippen LogP contribution in [0.1, 0.15) is 31.4 Å². The van der Waals surface area contributed by atoms with E-state index in [2.05, 4.69) is 18.4 Å². The van der Waals surface area contributed by atoms with Crippen LogP contribution in [0.15, 0.2) is 56.7 Å². The minimum absolute atomic E-state index is 0.348. The van der Waals surface area contributed by atoms with Crippen LogP contribution in [0, 0.1) is 0 Å². The molecular weight excluding hydrogens is 418 g/mol. The van der Waals surface area contributed by atoms with Gasteiger partial charge in [-0.2, -0.15) is 0 Å². The molecule has 4 aromatic rings. The Balaban J connectivity index is 2.03. The van der Waals surface area contributed by atoms with E-state index in [-0.39, 0.29) is 5.56 Å². The van der Waals surface area contributed by atoms with Crippen molar-refractivity contribution >= 4 is 22.5 Å². The van der Waals surface area contributed by atoms with Crippen molar-refractivity contribution in [1.82, 2.24) is 13.7 Å². The number of halogens is 1. The number of hydrogen-bond acceptors (Lipinski definition) is 4. The van der Waals surface area contributed by atoms with Gasteiger partial charge in [-0.1, -0.05) is 23.7 Å². The van der Waals surface area contributed by atoms with E-state index < -0.39 is 17.3 Å². The number of rotatable bonds is 2. The fourth-order valence-corrected chi connectivity index (χ4v) is 4.66. The summed E-state index contributed by atoms with van der Waals surface area (Å²) in [7, 11) is 3.18. The Kier molecular flexibility index (Phi) is 4.32. The smallest absolute Gasteiger partial charge is 0.331 e. The SMILES string of the molecule is Cn1c(=O)c2c(-c3ccc(Cl)cc3)n3c(c2n(C)c1=O)[C@H](c1ccco1)OCC3(C)C. The molecule has 0 amide bonds. The largest absolute Gasteiger partial charge is 0.466 e. The molecule has 0 aliphatic carbocycles. The Labute approximate surface area is 183 Å². The van der Waals surface area contributed by atoms with E-state index >= 15 is 0 Å². The molecule has 7 nitrogen and oxygen atoms in total. The summed E-state index contributed by atoms with van der Waals surface area (Å²) in [6, 6.07) is 11.0. The van der Waals surface area contributed by atoms with Crippen LogP contribution in [0.2, 0.25) is 5.02 Å². The molecule has 0 spiro atoms. The topological polar surface area (TPSA) is 71.3 Å². The second-order valence-electron chi connectivity index (χ2n) is 8.52. The van der Waals surface area contributed by atoms with Crippen molar-refractivity contribution in [2.24, 2.45) is 14.1 Å². The van der Waals surface area contributed by atoms with Gasteiger partial charge in [-0.15, -0.1) is 0 Å². The Morgan fingerprint density at radius 1 is 1.06 bits per heavy atom. The number of nitrogens with zero attached hydrogens (tertiary/aromatic N) is 3. The molecule has 3 aromatic heterocycles. The molecule has 0 radical (unpaired) electrons. The summed E-state index contributed by atoms with van der Waals surface area (Å²) >= 11 is 6.13. The van der Waals surface area contributed by atoms with E-state index in [0.29, 0.717) is 28.3 Å². The number of hydrogen-bond donors (Lipinski definition) is 0. The second kappa shape index (κ2) is 6.73. The van der Waals surface area contributed by atoms with Gasteiger partial charge in [-0.05, 0) is 43.7 Å². The molecule has 5 rings (SSSR count). The summed E-state index contributed by atoms with van der Waals surface area (Å²) in [5, 5.41) is 1.08. The summed E-state index contributed by atoms with van der Waals surface area (Å²) in [6.07, 6.45) is 1.04. The van der Waals surface area contributed by atoms with Gasteiger partial charge in [0.25, 0.3) is 5.56 Å². The molecule has 0 fully saturated rings. The van der Waals surface area contributed by atoms with E-state index in [1.807, 2.05) is 18.2 Å². The summed E-state index contributed by atoms with van der Waals surface area (Å²) in [6.45, 7) is 4.51. The average Bonchev–Trinajstić information content (AvgIpc) is 3.39. The molecule has 8 heteroatoms. The molecule has 4 heterocycles. The number of fused-ring (bicyclic) bond motifs is 3. The summed E-state index contributed by atoms with van der Waals surface area (Å²) < 4.78 is 16.7. The maximum atomic E-state index is 13.4. The minimum Gasteiger partial charge on any atom is -0.466 e. The third-order valence-electron chi connectivity index (χ3n) is 5.98. The van der Waals surface area contributed by atoms with E-state index in [0.717, 1.165) is 21.5 Å². The zero-order valence-corrected chi connectivity index (χ0v) is 18.4. The highest BCUT2D eigenvalue weighted by atomic mass is 35.5. The zero-order valence-electron chi connectivity index (χ0n) is 17.7. The van der Waals surface area contributed by atoms with Gasteiger partial charge in [0, 0.05) is 19.1 Å². The Morgan fingerprint density at radius 2 is 1.77 bits per heavy atom. The highest BCUT2D eigenvalue weighted by Crippen LogP contribution is 2.45. The van der Waals surface area contributed by atoms with Crippen molar-refractivity contribution in [3.8, 4) is 11.3 Å². The maximum Gasteiger partial charge on any atom is 0.331 e. The second-order valence-corrected chi connectivity index (χ2v) is 8.96. The van der Waals surface area contributed by atoms with Crippen molar-refractivity contribution in [2.75, 3.05) is 6.61 Å². The lowest BCUT2D eigenvalue weighted by Crippen LogP contribution is -2.40. The standard InChI is InChI=1S/C23H22ClN3O4/c1-23(2)12-31-20(15-6-5-11-30-15)19-18-16(21(28)26(4)22(29)25(18)3)17(27(19)23)13-7-9-14(24)10-8-13/h5-11,20H,12H2,1-4H3/t20-/m0/s1. The summed E-state index contributed by atoms with van der Waals surface area (Å²) in [4.78, 5) is 26.3. The van der Waals surface area contributed by atoms with Crippen molar-refractivity contribution in [3.05, 3.63) is 80.0 Å². The minimum atomic E-state index is -0.552. The highest BCUT2D eigenvalue weighted by Gasteiger charge is 2.41. The van der Waals surface area contributed by atoms with E-state index in [9.17, 15) is 9.59 Å². The van der Waals surface area contributed by atoms with Gasteiger partial charge < -0.3 is 13.7 Å². The molecule has 0 bridgehead atoms. The molecule has 1 aromatic carbocycles. The van der Waals surface area contributed by atoms with E-state index in [1.165, 1.54) is 11.6 Å². The van der Waals surface area contributed by atoms with Crippen molar-refractivity contribution in [1.29, 1.82) is 0 Å². The van der Waals surface area contributed by atoms with Crippen LogP contribution in [-0.4, -0.2) is 20.3 Å². The molecule has 0 saturated heterocycles. The molecule has 1 atom stereocenters. The first-order valence-corrected chi connectivity index (χ1v) is 10.4. The van der Waals surface area contributed by atoms with Crippen molar-refractivity contribution in [3.63, 3.8) is 0 Å². The highest BCUT2D eigenvalue weighted by molar-refractivity contribution is 6.30. The van der Waals surface area contributed by atoms with Gasteiger partial charge in [0.05, 0.1) is 40.7 Å². The normalized spacial score (nSPS) is 17.8. The summed E-state index contributed by atoms with van der Waals surface area (Å²) in [5.74, 6) is 0.618. The number of aromatic nitrogens is 3. The van der Waals surface area contributed by atoms with Gasteiger partial charge in [0.1, 0.15) is 5.76 Å². The molecule has 1 aliphatic rings. The van der Waals surface area contributed by atoms with Crippen LogP contribution in [0.3, 0.4) is 0 Å². The molecule has 160 valence electrons. The van der Waals surface area contributed by atoms with Crippen LogP contribution in [0.5, 0.6) is 0 Å². The molecule has 1 aliphatic heterocycles. The first-order valence-electron chi connectivity index (χ1n) is 9.98. The predicted octanol–water partition coefficient (Wildman–Crippen LogP) is 3.81. The number of benzene rings is 1. The van der Waals surface area contributed by atoms with Crippen LogP contribution >= 0.6 is 11.6 Å². The zero-order chi connectivity index (χ0) is 22.1. The molecule has 0 saturated carbocycles. The van der Waals surface area contributed by atoms with Crippen LogP contribution in [-0.2, 0) is 24.4 Å². The van der Waals surface area contributed by atoms with Gasteiger partial charge in [-0.3, -0.25) is 13.9 Å². The van der Waals surface area contributed by atoms with E-state index in [1.54, 1.807) is 31.5 Å². The summed E-state index contributed by atoms with van der Waals surface area (Å²) in [5.41, 5.74) is 1.63. The fraction of sp³-hybridized carbons (Fsp3) is 0.304. The number of furan rings is 1. The molecule has 31 heavy (non-hydrogen) atoms. The van der Waals surface area contributed by atoms with Crippen LogP contribution in [0.4, 0.5) is 0 Å². The van der Waals surface area contributed by atoms with Gasteiger partial charge in [-0.25, -0.2) is 4.79 Å². The number of aryl methyl sites for hydroxylation is 1. The molecule has 0 unspecified atom stereocenters. The first kappa shape index (κ1) is 19.9. The lowest BCUT2D eigenvalue weighted by atomic mass is 10.0. The van der Waals surface area contributed by atoms with E-state index in [4.69, 9.17) is 20.8 Å². The van der Waals surface area contributed by atoms with Crippen LogP contribution in [0.25, 0.3) is 22.2 Å². The lowest BCUT2D eigenvalue weighted by Gasteiger charge is -2.38. The number of ether oxygens (including phenoxy) is 1. The first-order chi connectivity index (χ1) is 14.7. The Morgan fingerprint density at radius 3 is 2.42 bits per heavy atom. The molecule has 0 N–H and O–H groups in total. The quantitative estimate of drug-likeness (QED) is 0.476. The lowest BCUT2D eigenvalue weighted by molar-refractivity contribution is -0.0164. The van der Waals surface area contributed by atoms with Gasteiger partial charge in [0.2, 0.25) is 0 Å². The predicted molar refractivity (Wildman–Crippen MR) is 119 cm³/mol. The maximum absolute atomic E-state index is 13.4. The third-order valence-corrected chi connectivity index (χ3v) is 6.24. The van der Waals surface area contributed by atoms with Gasteiger partial charge in [0.15, 0.2) is 6.10 Å². The van der Waals surface area contributed by atoms with Gasteiger partial charge >= 0.3 is 5.69 Å². The average molecular weight is 440 g/mol. The van der Waals surface area contributed by atoms with Crippen molar-refractivity contribution < 1.29 is 9.15 Å².